The van der Waals surface area contributed by atoms with Gasteiger partial charge in [-0.3, -0.25) is 0 Å². The molecule has 2 N–H and O–H groups in total. The van der Waals surface area contributed by atoms with E-state index in [0.717, 1.165) is 0 Å². The van der Waals surface area contributed by atoms with Crippen LogP contribution in [0.1, 0.15) is 0 Å². The number of hydrogen-bond acceptors (Lipinski definition) is 4. The molecule has 1 spiro atoms. The number of nitrogens with zero attached hydrogens (tertiary/aromatic N) is 1. The Hall–Kier alpha value is -0.920. The molecule has 3 saturated heterocycles. The van der Waals surface area contributed by atoms with Gasteiger partial charge in [-0.15, -0.1) is 0 Å². The molecule has 0 aromatic carbocycles. The maximum Gasteiger partial charge on any atom is 0.317 e. The first-order chi connectivity index (χ1) is 8.59. The van der Waals surface area contributed by atoms with Gasteiger partial charge in [-0.2, -0.15) is 0 Å². The van der Waals surface area contributed by atoms with Crippen LogP contribution in [-0.4, -0.2) is 73.9 Å². The fourth-order valence-corrected chi connectivity index (χ4v) is 2.68. The number of amides is 2. The molecule has 3 fully saturated rings. The van der Waals surface area contributed by atoms with Crippen LogP contribution >= 0.6 is 0 Å². The van der Waals surface area contributed by atoms with E-state index in [4.69, 9.17) is 9.47 Å². The van der Waals surface area contributed by atoms with E-state index >= 15 is 0 Å². The second-order valence-electron chi connectivity index (χ2n) is 5.44. The van der Waals surface area contributed by atoms with Crippen LogP contribution in [0.2, 0.25) is 0 Å². The second-order valence-corrected chi connectivity index (χ2v) is 5.44. The quantitative estimate of drug-likeness (QED) is 0.677. The number of ether oxygens (including phenoxy) is 2. The van der Waals surface area contributed by atoms with Gasteiger partial charge in [0, 0.05) is 6.54 Å². The van der Waals surface area contributed by atoms with Gasteiger partial charge in [0.05, 0.1) is 51.0 Å². The maximum absolute atomic E-state index is 14.6. The van der Waals surface area contributed by atoms with Crippen molar-refractivity contribution >= 4 is 6.03 Å². The van der Waals surface area contributed by atoms with Gasteiger partial charge < -0.3 is 24.8 Å². The van der Waals surface area contributed by atoms with Gasteiger partial charge in [-0.1, -0.05) is 0 Å². The molecular formula is C11H17FN2O4. The van der Waals surface area contributed by atoms with Crippen LogP contribution in [0.4, 0.5) is 9.18 Å². The topological polar surface area (TPSA) is 71.0 Å². The summed E-state index contributed by atoms with van der Waals surface area (Å²) in [6, 6.07) is -0.266. The summed E-state index contributed by atoms with van der Waals surface area (Å²) >= 11 is 0. The molecule has 0 aliphatic carbocycles. The SMILES string of the molecule is O=C(NC1COC1)N1CC(F)(CO)C2(COC2)C1. The van der Waals surface area contributed by atoms with Crippen LogP contribution in [0.25, 0.3) is 0 Å². The largest absolute Gasteiger partial charge is 0.393 e. The number of alkyl halides is 1. The van der Waals surface area contributed by atoms with E-state index in [9.17, 15) is 14.3 Å². The number of hydrogen-bond donors (Lipinski definition) is 2. The van der Waals surface area contributed by atoms with Crippen LogP contribution in [0.3, 0.4) is 0 Å². The van der Waals surface area contributed by atoms with Crippen molar-refractivity contribution in [3.63, 3.8) is 0 Å². The lowest BCUT2D eigenvalue weighted by Crippen LogP contribution is -2.58. The first kappa shape index (κ1) is 12.1. The highest BCUT2D eigenvalue weighted by atomic mass is 19.1. The molecule has 0 saturated carbocycles. The van der Waals surface area contributed by atoms with Gasteiger partial charge in [0.2, 0.25) is 0 Å². The van der Waals surface area contributed by atoms with Crippen molar-refractivity contribution < 1.29 is 23.8 Å². The van der Waals surface area contributed by atoms with Gasteiger partial charge in [0.15, 0.2) is 5.67 Å². The number of nitrogens with one attached hydrogen (secondary N) is 1. The Bertz CT molecular complexity index is 347. The third-order valence-electron chi connectivity index (χ3n) is 4.15. The zero-order valence-electron chi connectivity index (χ0n) is 10.0. The molecule has 6 nitrogen and oxygen atoms in total. The summed E-state index contributed by atoms with van der Waals surface area (Å²) in [7, 11) is 0. The molecule has 18 heavy (non-hydrogen) atoms. The molecule has 7 heteroatoms. The Morgan fingerprint density at radius 1 is 1.39 bits per heavy atom. The number of likely N-dealkylation sites (tertiary alicyclic amines) is 1. The standard InChI is InChI=1S/C11H17FN2O4/c12-11(5-15)4-14(3-10(11)6-18-7-10)9(16)13-8-1-17-2-8/h8,15H,1-7H2,(H,13,16). The maximum atomic E-state index is 14.6. The average Bonchev–Trinajstić information content (AvgIpc) is 2.58. The Balaban J connectivity index is 1.66. The Kier molecular flexibility index (Phi) is 2.72. The zero-order chi connectivity index (χ0) is 12.8. The van der Waals surface area contributed by atoms with E-state index in [2.05, 4.69) is 5.32 Å². The smallest absolute Gasteiger partial charge is 0.317 e. The molecule has 0 aromatic heterocycles. The zero-order valence-corrected chi connectivity index (χ0v) is 10.0. The first-order valence-electron chi connectivity index (χ1n) is 6.09. The lowest BCUT2D eigenvalue weighted by atomic mass is 9.74. The van der Waals surface area contributed by atoms with Crippen LogP contribution < -0.4 is 5.32 Å². The van der Waals surface area contributed by atoms with E-state index in [1.807, 2.05) is 0 Å². The fraction of sp³-hybridized carbons (Fsp3) is 0.909. The summed E-state index contributed by atoms with van der Waals surface area (Å²) in [5.41, 5.74) is -2.48. The predicted molar refractivity (Wildman–Crippen MR) is 58.9 cm³/mol. The number of rotatable bonds is 2. The number of carbonyl (C=O) groups is 1. The molecule has 0 aromatic rings. The van der Waals surface area contributed by atoms with Crippen LogP contribution in [0.5, 0.6) is 0 Å². The minimum absolute atomic E-state index is 0.0230. The minimum Gasteiger partial charge on any atom is -0.393 e. The Morgan fingerprint density at radius 2 is 2.11 bits per heavy atom. The highest BCUT2D eigenvalue weighted by molar-refractivity contribution is 5.75. The minimum atomic E-state index is -1.75. The van der Waals surface area contributed by atoms with Crippen molar-refractivity contribution in [2.75, 3.05) is 46.1 Å². The normalized spacial score (nSPS) is 34.2. The highest BCUT2D eigenvalue weighted by Gasteiger charge is 2.63. The third kappa shape index (κ3) is 1.61. The van der Waals surface area contributed by atoms with Crippen molar-refractivity contribution in [2.45, 2.75) is 11.7 Å². The van der Waals surface area contributed by atoms with Crippen LogP contribution in [0, 0.1) is 5.41 Å². The van der Waals surface area contributed by atoms with Gasteiger partial charge in [-0.05, 0) is 0 Å². The van der Waals surface area contributed by atoms with E-state index in [0.29, 0.717) is 19.8 Å². The van der Waals surface area contributed by atoms with E-state index in [-0.39, 0.29) is 31.8 Å². The average molecular weight is 260 g/mol. The lowest BCUT2D eigenvalue weighted by Gasteiger charge is -2.44. The molecule has 1 unspecified atom stereocenters. The highest BCUT2D eigenvalue weighted by Crippen LogP contribution is 2.47. The molecule has 0 radical (unpaired) electrons. The summed E-state index contributed by atoms with van der Waals surface area (Å²) in [5.74, 6) is 0. The van der Waals surface area contributed by atoms with Gasteiger partial charge in [0.25, 0.3) is 0 Å². The summed E-state index contributed by atoms with van der Waals surface area (Å²) < 4.78 is 24.6. The van der Waals surface area contributed by atoms with Crippen molar-refractivity contribution in [1.82, 2.24) is 10.2 Å². The van der Waals surface area contributed by atoms with E-state index < -0.39 is 17.7 Å². The lowest BCUT2D eigenvalue weighted by molar-refractivity contribution is -0.178. The number of aliphatic hydroxyl groups excluding tert-OH is 1. The summed E-state index contributed by atoms with van der Waals surface area (Å²) in [5, 5.41) is 12.0. The van der Waals surface area contributed by atoms with Gasteiger partial charge in [0.1, 0.15) is 0 Å². The van der Waals surface area contributed by atoms with Crippen LogP contribution in [-0.2, 0) is 9.47 Å². The van der Waals surface area contributed by atoms with Crippen molar-refractivity contribution in [2.24, 2.45) is 5.41 Å². The van der Waals surface area contributed by atoms with Crippen molar-refractivity contribution in [3.05, 3.63) is 0 Å². The molecule has 102 valence electrons. The predicted octanol–water partition coefficient (Wildman–Crippen LogP) is -0.872. The fourth-order valence-electron chi connectivity index (χ4n) is 2.68. The van der Waals surface area contributed by atoms with Crippen molar-refractivity contribution in [1.29, 1.82) is 0 Å². The Labute approximate surface area is 104 Å². The Morgan fingerprint density at radius 3 is 2.50 bits per heavy atom. The number of urea groups is 1. The molecule has 3 aliphatic heterocycles. The summed E-state index contributed by atoms with van der Waals surface area (Å²) in [4.78, 5) is 13.4. The van der Waals surface area contributed by atoms with E-state index in [1.165, 1.54) is 4.90 Å². The van der Waals surface area contributed by atoms with Gasteiger partial charge >= 0.3 is 6.03 Å². The molecule has 3 heterocycles. The monoisotopic (exact) mass is 260 g/mol. The first-order valence-corrected chi connectivity index (χ1v) is 6.09. The summed E-state index contributed by atoms with van der Waals surface area (Å²) in [6.07, 6.45) is 0. The number of carbonyl (C=O) groups excluding carboxylic acids is 1. The molecule has 2 amide bonds. The molecule has 3 rings (SSSR count). The second kappa shape index (κ2) is 4.04. The number of halogens is 1. The molecule has 3 aliphatic rings. The molecule has 0 bridgehead atoms. The van der Waals surface area contributed by atoms with Gasteiger partial charge in [-0.25, -0.2) is 9.18 Å². The van der Waals surface area contributed by atoms with E-state index in [1.54, 1.807) is 0 Å². The third-order valence-corrected chi connectivity index (χ3v) is 4.15. The summed E-state index contributed by atoms with van der Waals surface area (Å²) in [6.45, 7) is 1.19. The molecule has 1 atom stereocenters. The molecular weight excluding hydrogens is 243 g/mol. The van der Waals surface area contributed by atoms with Crippen molar-refractivity contribution in [3.8, 4) is 0 Å². The number of aliphatic hydroxyl groups is 1. The van der Waals surface area contributed by atoms with Crippen LogP contribution in [0.15, 0.2) is 0 Å².